The molecule has 0 radical (unpaired) electrons. The summed E-state index contributed by atoms with van der Waals surface area (Å²) in [6, 6.07) is 5.85. The monoisotopic (exact) mass is 348 g/mol. The summed E-state index contributed by atoms with van der Waals surface area (Å²) in [7, 11) is -3.28. The number of halogens is 1. The summed E-state index contributed by atoms with van der Waals surface area (Å²) < 4.78 is 27.4. The molecule has 0 aliphatic heterocycles. The third-order valence-electron chi connectivity index (χ3n) is 2.68. The zero-order valence-electron chi connectivity index (χ0n) is 11.5. The van der Waals surface area contributed by atoms with Crippen molar-refractivity contribution in [3.8, 4) is 0 Å². The van der Waals surface area contributed by atoms with Crippen molar-refractivity contribution in [3.63, 3.8) is 0 Å². The number of nitrogens with one attached hydrogen (secondary N) is 2. The van der Waals surface area contributed by atoms with Crippen LogP contribution < -0.4 is 10.0 Å². The molecule has 1 aromatic rings. The van der Waals surface area contributed by atoms with Crippen molar-refractivity contribution in [1.82, 2.24) is 5.32 Å². The van der Waals surface area contributed by atoms with Crippen LogP contribution in [0.4, 0.5) is 5.69 Å². The lowest BCUT2D eigenvalue weighted by Gasteiger charge is -2.12. The van der Waals surface area contributed by atoms with Crippen molar-refractivity contribution in [2.45, 2.75) is 33.2 Å². The second-order valence-electron chi connectivity index (χ2n) is 4.80. The van der Waals surface area contributed by atoms with Crippen LogP contribution in [-0.4, -0.2) is 26.8 Å². The van der Waals surface area contributed by atoms with Crippen molar-refractivity contribution >= 4 is 31.6 Å². The Morgan fingerprint density at radius 2 is 2.00 bits per heavy atom. The molecule has 1 aromatic carbocycles. The van der Waals surface area contributed by atoms with Crippen LogP contribution in [-0.2, 0) is 10.0 Å². The van der Waals surface area contributed by atoms with Gasteiger partial charge in [0, 0.05) is 10.5 Å². The summed E-state index contributed by atoms with van der Waals surface area (Å²) in [5.74, 6) is 0.124. The normalized spacial score (nSPS) is 11.8. The molecular formula is C13H21BrN2O2S. The van der Waals surface area contributed by atoms with Gasteiger partial charge >= 0.3 is 0 Å². The molecule has 0 aliphatic carbocycles. The summed E-state index contributed by atoms with van der Waals surface area (Å²) in [6.45, 7) is 6.66. The average molecular weight is 349 g/mol. The van der Waals surface area contributed by atoms with Crippen LogP contribution in [0.25, 0.3) is 0 Å². The molecule has 0 amide bonds. The predicted molar refractivity (Wildman–Crippen MR) is 84.0 cm³/mol. The van der Waals surface area contributed by atoms with Gasteiger partial charge in [0.25, 0.3) is 0 Å². The third kappa shape index (κ3) is 5.93. The van der Waals surface area contributed by atoms with Crippen LogP contribution in [0.15, 0.2) is 22.7 Å². The van der Waals surface area contributed by atoms with E-state index in [4.69, 9.17) is 0 Å². The zero-order valence-corrected chi connectivity index (χ0v) is 13.9. The Kier molecular flexibility index (Phi) is 6.29. The predicted octanol–water partition coefficient (Wildman–Crippen LogP) is 2.89. The van der Waals surface area contributed by atoms with E-state index in [-0.39, 0.29) is 5.75 Å². The van der Waals surface area contributed by atoms with Crippen molar-refractivity contribution < 1.29 is 8.42 Å². The third-order valence-corrected chi connectivity index (χ3v) is 4.89. The highest BCUT2D eigenvalue weighted by Crippen LogP contribution is 2.24. The molecule has 0 saturated carbocycles. The summed E-state index contributed by atoms with van der Waals surface area (Å²) in [5.41, 5.74) is 1.53. The SMILES string of the molecule is Cc1c(Br)cccc1NS(=O)(=O)CCCNC(C)C. The Morgan fingerprint density at radius 1 is 1.32 bits per heavy atom. The standard InChI is InChI=1S/C13H21BrN2O2S/c1-10(2)15-8-5-9-19(17,18)16-13-7-4-6-12(14)11(13)3/h4,6-7,10,15-16H,5,8-9H2,1-3H3. The molecule has 0 unspecified atom stereocenters. The number of rotatable bonds is 7. The summed E-state index contributed by atoms with van der Waals surface area (Å²) in [5, 5.41) is 3.20. The van der Waals surface area contributed by atoms with Crippen LogP contribution in [0, 0.1) is 6.92 Å². The Hall–Kier alpha value is -0.590. The van der Waals surface area contributed by atoms with E-state index in [1.807, 2.05) is 32.9 Å². The number of hydrogen-bond donors (Lipinski definition) is 2. The maximum absolute atomic E-state index is 12.0. The summed E-state index contributed by atoms with van der Waals surface area (Å²) >= 11 is 3.39. The molecule has 0 fully saturated rings. The Balaban J connectivity index is 2.57. The fourth-order valence-corrected chi connectivity index (χ4v) is 3.14. The Morgan fingerprint density at radius 3 is 2.63 bits per heavy atom. The lowest BCUT2D eigenvalue weighted by atomic mass is 10.2. The second kappa shape index (κ2) is 7.26. The van der Waals surface area contributed by atoms with Crippen molar-refractivity contribution in [3.05, 3.63) is 28.2 Å². The van der Waals surface area contributed by atoms with Gasteiger partial charge in [-0.05, 0) is 37.6 Å². The molecule has 6 heteroatoms. The smallest absolute Gasteiger partial charge is 0.232 e. The van der Waals surface area contributed by atoms with E-state index in [2.05, 4.69) is 26.0 Å². The van der Waals surface area contributed by atoms with Crippen LogP contribution in [0.3, 0.4) is 0 Å². The van der Waals surface area contributed by atoms with E-state index in [1.54, 1.807) is 6.07 Å². The molecule has 4 nitrogen and oxygen atoms in total. The van der Waals surface area contributed by atoms with Gasteiger partial charge in [-0.25, -0.2) is 8.42 Å². The summed E-state index contributed by atoms with van der Waals surface area (Å²) in [6.07, 6.45) is 0.598. The molecule has 0 aromatic heterocycles. The first kappa shape index (κ1) is 16.5. The average Bonchev–Trinajstić information content (AvgIpc) is 2.30. The fraction of sp³-hybridized carbons (Fsp3) is 0.538. The van der Waals surface area contributed by atoms with Crippen LogP contribution >= 0.6 is 15.9 Å². The number of benzene rings is 1. The van der Waals surface area contributed by atoms with E-state index in [0.29, 0.717) is 24.7 Å². The zero-order chi connectivity index (χ0) is 14.5. The minimum atomic E-state index is -3.28. The lowest BCUT2D eigenvalue weighted by molar-refractivity contribution is 0.571. The quantitative estimate of drug-likeness (QED) is 0.745. The maximum Gasteiger partial charge on any atom is 0.232 e. The number of anilines is 1. The minimum Gasteiger partial charge on any atom is -0.314 e. The van der Waals surface area contributed by atoms with E-state index in [0.717, 1.165) is 10.0 Å². The topological polar surface area (TPSA) is 58.2 Å². The number of sulfonamides is 1. The molecule has 1 rings (SSSR count). The molecule has 0 spiro atoms. The molecule has 0 heterocycles. The van der Waals surface area contributed by atoms with Gasteiger partial charge in [0.1, 0.15) is 0 Å². The van der Waals surface area contributed by atoms with Gasteiger partial charge in [-0.15, -0.1) is 0 Å². The second-order valence-corrected chi connectivity index (χ2v) is 7.49. The van der Waals surface area contributed by atoms with Crippen LogP contribution in [0.2, 0.25) is 0 Å². The first-order valence-corrected chi connectivity index (χ1v) is 8.75. The minimum absolute atomic E-state index is 0.124. The van der Waals surface area contributed by atoms with Gasteiger partial charge in [0.15, 0.2) is 0 Å². The highest BCUT2D eigenvalue weighted by molar-refractivity contribution is 9.10. The van der Waals surface area contributed by atoms with Gasteiger partial charge < -0.3 is 5.32 Å². The molecule has 19 heavy (non-hydrogen) atoms. The van der Waals surface area contributed by atoms with Gasteiger partial charge in [-0.2, -0.15) is 0 Å². The lowest BCUT2D eigenvalue weighted by Crippen LogP contribution is -2.26. The number of hydrogen-bond acceptors (Lipinski definition) is 3. The van der Waals surface area contributed by atoms with Crippen LogP contribution in [0.5, 0.6) is 0 Å². The van der Waals surface area contributed by atoms with Crippen molar-refractivity contribution in [2.24, 2.45) is 0 Å². The van der Waals surface area contributed by atoms with Crippen LogP contribution in [0.1, 0.15) is 25.8 Å². The van der Waals surface area contributed by atoms with Crippen molar-refractivity contribution in [2.75, 3.05) is 17.0 Å². The molecular weight excluding hydrogens is 328 g/mol. The van der Waals surface area contributed by atoms with Gasteiger partial charge in [-0.1, -0.05) is 35.8 Å². The van der Waals surface area contributed by atoms with E-state index < -0.39 is 10.0 Å². The molecule has 0 saturated heterocycles. The van der Waals surface area contributed by atoms with E-state index >= 15 is 0 Å². The van der Waals surface area contributed by atoms with E-state index in [9.17, 15) is 8.42 Å². The maximum atomic E-state index is 12.0. The largest absolute Gasteiger partial charge is 0.314 e. The summed E-state index contributed by atoms with van der Waals surface area (Å²) in [4.78, 5) is 0. The Labute approximate surface area is 124 Å². The molecule has 0 aliphatic rings. The van der Waals surface area contributed by atoms with Gasteiger partial charge in [-0.3, -0.25) is 4.72 Å². The molecule has 0 bridgehead atoms. The molecule has 2 N–H and O–H groups in total. The molecule has 0 atom stereocenters. The highest BCUT2D eigenvalue weighted by atomic mass is 79.9. The Bertz CT molecular complexity index is 515. The molecule has 108 valence electrons. The van der Waals surface area contributed by atoms with Gasteiger partial charge in [0.05, 0.1) is 11.4 Å². The highest BCUT2D eigenvalue weighted by Gasteiger charge is 2.12. The van der Waals surface area contributed by atoms with E-state index in [1.165, 1.54) is 0 Å². The van der Waals surface area contributed by atoms with Gasteiger partial charge in [0.2, 0.25) is 10.0 Å². The first-order valence-electron chi connectivity index (χ1n) is 6.31. The van der Waals surface area contributed by atoms with Crippen molar-refractivity contribution in [1.29, 1.82) is 0 Å². The fourth-order valence-electron chi connectivity index (χ4n) is 1.59. The first-order chi connectivity index (χ1) is 8.82.